The fourth-order valence-corrected chi connectivity index (χ4v) is 2.93. The van der Waals surface area contributed by atoms with Gasteiger partial charge in [-0.3, -0.25) is 4.79 Å². The average Bonchev–Trinajstić information content (AvgIpc) is 2.96. The van der Waals surface area contributed by atoms with Crippen molar-refractivity contribution in [3.63, 3.8) is 0 Å². The van der Waals surface area contributed by atoms with Gasteiger partial charge < -0.3 is 19.4 Å². The number of hydrogen-bond donors (Lipinski definition) is 1. The fraction of sp³-hybridized carbons (Fsp3) is 0.286. The van der Waals surface area contributed by atoms with Gasteiger partial charge in [-0.05, 0) is 50.3 Å². The summed E-state index contributed by atoms with van der Waals surface area (Å²) in [6, 6.07) is 13.8. The van der Waals surface area contributed by atoms with Crippen LogP contribution in [0.25, 0.3) is 11.0 Å². The van der Waals surface area contributed by atoms with Gasteiger partial charge in [-0.1, -0.05) is 24.3 Å². The second-order valence-electron chi connectivity index (χ2n) is 6.66. The van der Waals surface area contributed by atoms with Crippen molar-refractivity contribution in [2.24, 2.45) is 0 Å². The molecule has 136 valence electrons. The van der Waals surface area contributed by atoms with Crippen LogP contribution in [0, 0.1) is 6.92 Å². The summed E-state index contributed by atoms with van der Waals surface area (Å²) in [4.78, 5) is 14.7. The van der Waals surface area contributed by atoms with E-state index in [0.29, 0.717) is 17.9 Å². The summed E-state index contributed by atoms with van der Waals surface area (Å²) in [5, 5.41) is 3.82. The monoisotopic (exact) mass is 352 g/mol. The molecule has 0 spiro atoms. The van der Waals surface area contributed by atoms with Gasteiger partial charge >= 0.3 is 0 Å². The molecule has 1 aromatic heterocycles. The van der Waals surface area contributed by atoms with Crippen molar-refractivity contribution in [1.29, 1.82) is 0 Å². The van der Waals surface area contributed by atoms with E-state index < -0.39 is 0 Å². The summed E-state index contributed by atoms with van der Waals surface area (Å²) in [6.45, 7) is 3.24. The molecule has 0 radical (unpaired) electrons. The van der Waals surface area contributed by atoms with Gasteiger partial charge in [0.2, 0.25) is 0 Å². The topological polar surface area (TPSA) is 54.7 Å². The first kappa shape index (κ1) is 18.0. The van der Waals surface area contributed by atoms with Crippen LogP contribution in [0.4, 0.5) is 0 Å². The lowest BCUT2D eigenvalue weighted by molar-refractivity contribution is 0.0924. The Balaban J connectivity index is 1.70. The minimum absolute atomic E-state index is 0.213. The molecule has 26 heavy (non-hydrogen) atoms. The van der Waals surface area contributed by atoms with Crippen molar-refractivity contribution in [2.75, 3.05) is 21.2 Å². The maximum atomic E-state index is 12.5. The standard InChI is InChI=1S/C21H24N2O3/c1-14-18-11-17(25-4)9-10-19(18)26-20(14)21(24)22-12-15-5-7-16(8-6-15)13-23(2)3/h5-11H,12-13H2,1-4H3,(H,22,24). The number of nitrogens with zero attached hydrogens (tertiary/aromatic N) is 1. The van der Waals surface area contributed by atoms with E-state index in [-0.39, 0.29) is 5.91 Å². The van der Waals surface area contributed by atoms with Crippen molar-refractivity contribution < 1.29 is 13.9 Å². The Morgan fingerprint density at radius 2 is 1.81 bits per heavy atom. The highest BCUT2D eigenvalue weighted by Crippen LogP contribution is 2.28. The van der Waals surface area contributed by atoms with Crippen molar-refractivity contribution in [3.05, 3.63) is 64.9 Å². The van der Waals surface area contributed by atoms with Crippen LogP contribution in [0.2, 0.25) is 0 Å². The van der Waals surface area contributed by atoms with Crippen molar-refractivity contribution in [1.82, 2.24) is 10.2 Å². The number of carbonyl (C=O) groups is 1. The molecule has 5 heteroatoms. The van der Waals surface area contributed by atoms with Gasteiger partial charge in [0.25, 0.3) is 5.91 Å². The molecule has 0 atom stereocenters. The van der Waals surface area contributed by atoms with Gasteiger partial charge in [0.05, 0.1) is 7.11 Å². The molecule has 3 aromatic rings. The zero-order valence-corrected chi connectivity index (χ0v) is 15.6. The highest BCUT2D eigenvalue weighted by molar-refractivity contribution is 5.99. The molecule has 0 fully saturated rings. The number of aryl methyl sites for hydroxylation is 1. The molecule has 0 aliphatic carbocycles. The maximum Gasteiger partial charge on any atom is 0.287 e. The lowest BCUT2D eigenvalue weighted by atomic mass is 10.1. The first-order chi connectivity index (χ1) is 12.5. The van der Waals surface area contributed by atoms with Gasteiger partial charge in [-0.2, -0.15) is 0 Å². The van der Waals surface area contributed by atoms with Crippen LogP contribution in [0.3, 0.4) is 0 Å². The van der Waals surface area contributed by atoms with Crippen LogP contribution in [0.15, 0.2) is 46.9 Å². The molecule has 0 aliphatic rings. The van der Waals surface area contributed by atoms with Gasteiger partial charge in [0.1, 0.15) is 11.3 Å². The Labute approximate surface area is 153 Å². The van der Waals surface area contributed by atoms with Crippen LogP contribution < -0.4 is 10.1 Å². The van der Waals surface area contributed by atoms with Crippen LogP contribution in [-0.4, -0.2) is 32.0 Å². The first-order valence-corrected chi connectivity index (χ1v) is 8.56. The fourth-order valence-electron chi connectivity index (χ4n) is 2.93. The number of ether oxygens (including phenoxy) is 1. The zero-order valence-electron chi connectivity index (χ0n) is 15.6. The molecule has 2 aromatic carbocycles. The third kappa shape index (κ3) is 3.89. The minimum Gasteiger partial charge on any atom is -0.497 e. The molecule has 3 rings (SSSR count). The number of methoxy groups -OCH3 is 1. The van der Waals surface area contributed by atoms with E-state index in [9.17, 15) is 4.79 Å². The van der Waals surface area contributed by atoms with Crippen LogP contribution >= 0.6 is 0 Å². The molecule has 0 saturated heterocycles. The Bertz CT molecular complexity index is 911. The number of amides is 1. The molecule has 1 amide bonds. The number of nitrogens with one attached hydrogen (secondary N) is 1. The van der Waals surface area contributed by atoms with Crippen LogP contribution in [-0.2, 0) is 13.1 Å². The number of carbonyl (C=O) groups excluding carboxylic acids is 1. The smallest absolute Gasteiger partial charge is 0.287 e. The predicted molar refractivity (Wildman–Crippen MR) is 103 cm³/mol. The Morgan fingerprint density at radius 1 is 1.12 bits per heavy atom. The van der Waals surface area contributed by atoms with Crippen molar-refractivity contribution >= 4 is 16.9 Å². The third-order valence-electron chi connectivity index (χ3n) is 4.32. The summed E-state index contributed by atoms with van der Waals surface area (Å²) in [5.41, 5.74) is 3.79. The third-order valence-corrected chi connectivity index (χ3v) is 4.32. The summed E-state index contributed by atoms with van der Waals surface area (Å²) in [5.74, 6) is 0.874. The lowest BCUT2D eigenvalue weighted by Crippen LogP contribution is -2.23. The molecular formula is C21H24N2O3. The highest BCUT2D eigenvalue weighted by atomic mass is 16.5. The Kier molecular flexibility index (Phi) is 5.28. The normalized spacial score (nSPS) is 11.1. The predicted octanol–water partition coefficient (Wildman–Crippen LogP) is 3.74. The van der Waals surface area contributed by atoms with Crippen molar-refractivity contribution in [2.45, 2.75) is 20.0 Å². The second-order valence-corrected chi connectivity index (χ2v) is 6.66. The summed E-state index contributed by atoms with van der Waals surface area (Å²) in [6.07, 6.45) is 0. The van der Waals surface area contributed by atoms with Crippen LogP contribution in [0.1, 0.15) is 27.2 Å². The van der Waals surface area contributed by atoms with E-state index in [1.807, 2.05) is 51.4 Å². The van der Waals surface area contributed by atoms with E-state index in [2.05, 4.69) is 22.3 Å². The molecule has 0 bridgehead atoms. The summed E-state index contributed by atoms with van der Waals surface area (Å²) in [7, 11) is 5.70. The molecule has 5 nitrogen and oxygen atoms in total. The number of furan rings is 1. The summed E-state index contributed by atoms with van der Waals surface area (Å²) >= 11 is 0. The summed E-state index contributed by atoms with van der Waals surface area (Å²) < 4.78 is 11.0. The number of benzene rings is 2. The molecule has 0 aliphatic heterocycles. The Hall–Kier alpha value is -2.79. The van der Waals surface area contributed by atoms with E-state index in [0.717, 1.165) is 28.8 Å². The van der Waals surface area contributed by atoms with Gasteiger partial charge in [-0.25, -0.2) is 0 Å². The highest BCUT2D eigenvalue weighted by Gasteiger charge is 2.17. The number of hydrogen-bond acceptors (Lipinski definition) is 4. The van der Waals surface area contributed by atoms with Crippen LogP contribution in [0.5, 0.6) is 5.75 Å². The van der Waals surface area contributed by atoms with E-state index >= 15 is 0 Å². The molecule has 1 heterocycles. The quantitative estimate of drug-likeness (QED) is 0.734. The molecule has 0 unspecified atom stereocenters. The number of rotatable bonds is 6. The van der Waals surface area contributed by atoms with E-state index in [1.165, 1.54) is 5.56 Å². The SMILES string of the molecule is COc1ccc2oc(C(=O)NCc3ccc(CN(C)C)cc3)c(C)c2c1. The largest absolute Gasteiger partial charge is 0.497 e. The number of fused-ring (bicyclic) bond motifs is 1. The van der Waals surface area contributed by atoms with Gasteiger partial charge in [0.15, 0.2) is 5.76 Å². The minimum atomic E-state index is -0.213. The van der Waals surface area contributed by atoms with Crippen molar-refractivity contribution in [3.8, 4) is 5.75 Å². The van der Waals surface area contributed by atoms with E-state index in [1.54, 1.807) is 7.11 Å². The van der Waals surface area contributed by atoms with E-state index in [4.69, 9.17) is 9.15 Å². The lowest BCUT2D eigenvalue weighted by Gasteiger charge is -2.10. The maximum absolute atomic E-state index is 12.5. The molecular weight excluding hydrogens is 328 g/mol. The average molecular weight is 352 g/mol. The van der Waals surface area contributed by atoms with Gasteiger partial charge in [0, 0.05) is 24.0 Å². The Morgan fingerprint density at radius 3 is 2.46 bits per heavy atom. The van der Waals surface area contributed by atoms with Gasteiger partial charge in [-0.15, -0.1) is 0 Å². The zero-order chi connectivity index (χ0) is 18.7. The molecule has 1 N–H and O–H groups in total. The second kappa shape index (κ2) is 7.62. The molecule has 0 saturated carbocycles. The first-order valence-electron chi connectivity index (χ1n) is 8.56.